The second-order valence-corrected chi connectivity index (χ2v) is 10.4. The molecular weight excluding hydrogens is 625 g/mol. The SMILES string of the molecule is CCOC(=O)C1=C(O)/C(=C/c2cc(Cl)c(OCc3ccc(I)cc3)c(OC)c2)SC1=Nc1ccccc1. The molecular formula is C28H23ClINO5S. The molecule has 0 aliphatic carbocycles. The molecule has 4 rings (SSSR count). The Morgan fingerprint density at radius 2 is 1.86 bits per heavy atom. The molecule has 0 atom stereocenters. The van der Waals surface area contributed by atoms with Gasteiger partial charge < -0.3 is 19.3 Å². The molecule has 0 unspecified atom stereocenters. The van der Waals surface area contributed by atoms with Crippen molar-refractivity contribution in [3.63, 3.8) is 0 Å². The Labute approximate surface area is 238 Å². The number of para-hydroxylation sites is 1. The molecule has 0 aromatic heterocycles. The number of rotatable bonds is 8. The highest BCUT2D eigenvalue weighted by molar-refractivity contribution is 14.1. The maximum atomic E-state index is 12.6. The molecule has 37 heavy (non-hydrogen) atoms. The highest BCUT2D eigenvalue weighted by atomic mass is 127. The van der Waals surface area contributed by atoms with Crippen molar-refractivity contribution in [3.05, 3.63) is 103 Å². The van der Waals surface area contributed by atoms with Crippen LogP contribution in [0.15, 0.2) is 88.0 Å². The number of thioether (sulfide) groups is 1. The molecule has 1 aliphatic heterocycles. The molecule has 0 saturated heterocycles. The van der Waals surface area contributed by atoms with Crippen LogP contribution in [0.25, 0.3) is 6.08 Å². The Morgan fingerprint density at radius 1 is 1.14 bits per heavy atom. The van der Waals surface area contributed by atoms with Gasteiger partial charge in [-0.05, 0) is 83.1 Å². The summed E-state index contributed by atoms with van der Waals surface area (Å²) in [4.78, 5) is 17.6. The van der Waals surface area contributed by atoms with E-state index >= 15 is 0 Å². The smallest absolute Gasteiger partial charge is 0.344 e. The number of hydrogen-bond donors (Lipinski definition) is 1. The summed E-state index contributed by atoms with van der Waals surface area (Å²) in [7, 11) is 1.53. The molecule has 0 radical (unpaired) electrons. The Balaban J connectivity index is 1.65. The zero-order chi connectivity index (χ0) is 26.4. The third kappa shape index (κ3) is 6.68. The van der Waals surface area contributed by atoms with Crippen molar-refractivity contribution in [2.24, 2.45) is 4.99 Å². The van der Waals surface area contributed by atoms with E-state index < -0.39 is 5.97 Å². The first kappa shape index (κ1) is 27.1. The number of carbonyl (C=O) groups is 1. The van der Waals surface area contributed by atoms with Crippen LogP contribution < -0.4 is 9.47 Å². The van der Waals surface area contributed by atoms with Crippen molar-refractivity contribution in [3.8, 4) is 11.5 Å². The monoisotopic (exact) mass is 647 g/mol. The molecule has 6 nitrogen and oxygen atoms in total. The van der Waals surface area contributed by atoms with Crippen molar-refractivity contribution in [1.29, 1.82) is 0 Å². The maximum absolute atomic E-state index is 12.6. The summed E-state index contributed by atoms with van der Waals surface area (Å²) in [6.07, 6.45) is 1.71. The number of aliphatic hydroxyl groups is 1. The van der Waals surface area contributed by atoms with Gasteiger partial charge >= 0.3 is 5.97 Å². The molecule has 190 valence electrons. The second-order valence-electron chi connectivity index (χ2n) is 7.76. The lowest BCUT2D eigenvalue weighted by molar-refractivity contribution is -0.138. The van der Waals surface area contributed by atoms with Crippen LogP contribution in [0, 0.1) is 3.57 Å². The second kappa shape index (κ2) is 12.5. The Hall–Kier alpha value is -2.95. The first-order valence-electron chi connectivity index (χ1n) is 11.3. The number of esters is 1. The third-order valence-corrected chi connectivity index (χ3v) is 7.22. The van der Waals surface area contributed by atoms with Gasteiger partial charge in [0.05, 0.1) is 29.3 Å². The van der Waals surface area contributed by atoms with Gasteiger partial charge in [-0.3, -0.25) is 0 Å². The number of carbonyl (C=O) groups excluding carboxylic acids is 1. The Bertz CT molecular complexity index is 1390. The molecule has 1 aliphatic rings. The zero-order valence-corrected chi connectivity index (χ0v) is 23.8. The lowest BCUT2D eigenvalue weighted by Crippen LogP contribution is -2.12. The van der Waals surface area contributed by atoms with E-state index in [4.69, 9.17) is 25.8 Å². The van der Waals surface area contributed by atoms with Gasteiger partial charge in [0.1, 0.15) is 23.0 Å². The van der Waals surface area contributed by atoms with Gasteiger partial charge in [-0.15, -0.1) is 0 Å². The third-order valence-electron chi connectivity index (χ3n) is 5.20. The molecule has 1 N–H and O–H groups in total. The highest BCUT2D eigenvalue weighted by Gasteiger charge is 2.33. The van der Waals surface area contributed by atoms with E-state index in [-0.39, 0.29) is 17.9 Å². The summed E-state index contributed by atoms with van der Waals surface area (Å²) in [5.41, 5.74) is 2.33. The summed E-state index contributed by atoms with van der Waals surface area (Å²) in [6, 6.07) is 20.7. The fourth-order valence-electron chi connectivity index (χ4n) is 3.46. The lowest BCUT2D eigenvalue weighted by Gasteiger charge is -2.14. The molecule has 0 saturated carbocycles. The predicted molar refractivity (Wildman–Crippen MR) is 157 cm³/mol. The van der Waals surface area contributed by atoms with Crippen LogP contribution in [0.3, 0.4) is 0 Å². The largest absolute Gasteiger partial charge is 0.506 e. The topological polar surface area (TPSA) is 77.4 Å². The van der Waals surface area contributed by atoms with Crippen LogP contribution in [-0.4, -0.2) is 29.8 Å². The number of aliphatic hydroxyl groups excluding tert-OH is 1. The maximum Gasteiger partial charge on any atom is 0.344 e. The Morgan fingerprint density at radius 3 is 2.54 bits per heavy atom. The van der Waals surface area contributed by atoms with E-state index in [0.717, 1.165) is 9.13 Å². The fourth-order valence-corrected chi connectivity index (χ4v) is 5.13. The number of nitrogens with zero attached hydrogens (tertiary/aromatic N) is 1. The minimum Gasteiger partial charge on any atom is -0.506 e. The van der Waals surface area contributed by atoms with Crippen LogP contribution in [0.2, 0.25) is 5.02 Å². The number of aliphatic imine (C=N–C) groups is 1. The summed E-state index contributed by atoms with van der Waals surface area (Å²) < 4.78 is 17.8. The van der Waals surface area contributed by atoms with Gasteiger partial charge in [0, 0.05) is 3.57 Å². The van der Waals surface area contributed by atoms with Crippen molar-refractivity contribution < 1.29 is 24.1 Å². The molecule has 0 spiro atoms. The number of methoxy groups -OCH3 is 1. The average molecular weight is 648 g/mol. The van der Waals surface area contributed by atoms with Crippen LogP contribution in [0.4, 0.5) is 5.69 Å². The number of halogens is 2. The van der Waals surface area contributed by atoms with Gasteiger partial charge in [0.25, 0.3) is 0 Å². The van der Waals surface area contributed by atoms with Crippen molar-refractivity contribution in [2.75, 3.05) is 13.7 Å². The van der Waals surface area contributed by atoms with Crippen LogP contribution >= 0.6 is 46.0 Å². The summed E-state index contributed by atoms with van der Waals surface area (Å²) >= 11 is 9.99. The normalized spacial score (nSPS) is 15.4. The van der Waals surface area contributed by atoms with E-state index in [2.05, 4.69) is 27.6 Å². The fraction of sp³-hybridized carbons (Fsp3) is 0.143. The van der Waals surface area contributed by atoms with Gasteiger partial charge in [-0.1, -0.05) is 53.7 Å². The van der Waals surface area contributed by atoms with Crippen molar-refractivity contribution in [1.82, 2.24) is 0 Å². The molecule has 0 amide bonds. The minimum atomic E-state index is -0.638. The summed E-state index contributed by atoms with van der Waals surface area (Å²) in [5.74, 6) is 0.0233. The number of ether oxygens (including phenoxy) is 3. The standard InChI is InChI=1S/C28H23ClINO5S/c1-3-35-28(33)24-25(32)23(37-27(24)31-20-7-5-4-6-8-20)15-18-13-21(29)26(22(14-18)34-2)36-16-17-9-11-19(30)12-10-17/h4-15,32H,3,16H2,1-2H3/b23-15-,31-27?. The zero-order valence-electron chi connectivity index (χ0n) is 20.0. The molecule has 3 aromatic carbocycles. The first-order valence-corrected chi connectivity index (χ1v) is 13.6. The molecule has 0 bridgehead atoms. The van der Waals surface area contributed by atoms with Gasteiger partial charge in [-0.25, -0.2) is 9.79 Å². The molecule has 3 aromatic rings. The molecule has 9 heteroatoms. The average Bonchev–Trinajstić information content (AvgIpc) is 3.19. The number of hydrogen-bond acceptors (Lipinski definition) is 7. The van der Waals surface area contributed by atoms with E-state index in [0.29, 0.717) is 44.3 Å². The molecule has 0 fully saturated rings. The van der Waals surface area contributed by atoms with Gasteiger partial charge in [0.15, 0.2) is 11.5 Å². The lowest BCUT2D eigenvalue weighted by atomic mass is 10.1. The van der Waals surface area contributed by atoms with Crippen LogP contribution in [0.1, 0.15) is 18.1 Å². The van der Waals surface area contributed by atoms with E-state index in [1.165, 1.54) is 18.9 Å². The van der Waals surface area contributed by atoms with E-state index in [9.17, 15) is 9.90 Å². The van der Waals surface area contributed by atoms with Crippen LogP contribution in [-0.2, 0) is 16.1 Å². The van der Waals surface area contributed by atoms with Crippen molar-refractivity contribution in [2.45, 2.75) is 13.5 Å². The van der Waals surface area contributed by atoms with Crippen LogP contribution in [0.5, 0.6) is 11.5 Å². The predicted octanol–water partition coefficient (Wildman–Crippen LogP) is 7.73. The minimum absolute atomic E-state index is 0.0255. The first-order chi connectivity index (χ1) is 17.9. The number of benzene rings is 3. The van der Waals surface area contributed by atoms with E-state index in [1.807, 2.05) is 54.6 Å². The summed E-state index contributed by atoms with van der Waals surface area (Å²) in [6.45, 7) is 2.21. The van der Waals surface area contributed by atoms with Gasteiger partial charge in [0.2, 0.25) is 0 Å². The van der Waals surface area contributed by atoms with E-state index in [1.54, 1.807) is 25.1 Å². The highest BCUT2D eigenvalue weighted by Crippen LogP contribution is 2.42. The Kier molecular flexibility index (Phi) is 9.18. The summed E-state index contributed by atoms with van der Waals surface area (Å²) in [5, 5.41) is 11.7. The molecule has 1 heterocycles. The quantitative estimate of drug-likeness (QED) is 0.199. The van der Waals surface area contributed by atoms with Crippen molar-refractivity contribution >= 4 is 68.7 Å². The van der Waals surface area contributed by atoms with Gasteiger partial charge in [-0.2, -0.15) is 0 Å².